The molecule has 4 rings (SSSR count). The summed E-state index contributed by atoms with van der Waals surface area (Å²) in [6, 6.07) is 8.72. The van der Waals surface area contributed by atoms with Crippen molar-refractivity contribution >= 4 is 22.6 Å². The Bertz CT molecular complexity index is 918. The predicted octanol–water partition coefficient (Wildman–Crippen LogP) is 3.14. The third-order valence-corrected chi connectivity index (χ3v) is 4.02. The van der Waals surface area contributed by atoms with Crippen molar-refractivity contribution in [1.29, 1.82) is 0 Å². The van der Waals surface area contributed by atoms with Crippen molar-refractivity contribution in [1.82, 2.24) is 24.1 Å². The van der Waals surface area contributed by atoms with Gasteiger partial charge in [-0.15, -0.1) is 5.10 Å². The Morgan fingerprint density at radius 2 is 2.09 bits per heavy atom. The molecule has 7 heteroatoms. The van der Waals surface area contributed by atoms with E-state index in [1.165, 1.54) is 17.6 Å². The fourth-order valence-corrected chi connectivity index (χ4v) is 2.94. The van der Waals surface area contributed by atoms with Gasteiger partial charge in [0.25, 0.3) is 0 Å². The Labute approximate surface area is 129 Å². The molecule has 0 aliphatic carbocycles. The van der Waals surface area contributed by atoms with Crippen LogP contribution in [0, 0.1) is 5.82 Å². The van der Waals surface area contributed by atoms with Gasteiger partial charge in [0.2, 0.25) is 0 Å². The lowest BCUT2D eigenvalue weighted by Crippen LogP contribution is -2.03. The van der Waals surface area contributed by atoms with E-state index in [-0.39, 0.29) is 5.82 Å². The van der Waals surface area contributed by atoms with Crippen LogP contribution in [0.15, 0.2) is 48.9 Å². The minimum Gasteiger partial charge on any atom is -0.316 e. The van der Waals surface area contributed by atoms with Gasteiger partial charge in [-0.05, 0) is 35.3 Å². The number of aromatic nitrogens is 5. The number of pyridine rings is 1. The van der Waals surface area contributed by atoms with E-state index in [0.717, 1.165) is 10.4 Å². The zero-order valence-electron chi connectivity index (χ0n) is 11.3. The zero-order valence-corrected chi connectivity index (χ0v) is 12.2. The smallest absolute Gasteiger partial charge is 0.154 e. The van der Waals surface area contributed by atoms with Crippen molar-refractivity contribution in [3.05, 3.63) is 60.3 Å². The summed E-state index contributed by atoms with van der Waals surface area (Å²) < 4.78 is 20.0. The quantitative estimate of drug-likeness (QED) is 0.583. The van der Waals surface area contributed by atoms with Gasteiger partial charge < -0.3 is 4.57 Å². The molecule has 0 saturated carbocycles. The maximum Gasteiger partial charge on any atom is 0.154 e. The number of benzene rings is 1. The maximum atomic E-state index is 14.3. The summed E-state index contributed by atoms with van der Waals surface area (Å²) >= 11 is 1.24. The van der Waals surface area contributed by atoms with Crippen LogP contribution >= 0.6 is 11.5 Å². The third-order valence-electron chi connectivity index (χ3n) is 3.36. The normalized spacial score (nSPS) is 11.1. The molecular formula is C15H10FN5S. The van der Waals surface area contributed by atoms with E-state index in [1.54, 1.807) is 30.7 Å². The lowest BCUT2D eigenvalue weighted by atomic mass is 10.2. The Hall–Kier alpha value is -2.67. The number of fused-ring (bicyclic) bond motifs is 1. The van der Waals surface area contributed by atoms with Crippen molar-refractivity contribution in [2.75, 3.05) is 0 Å². The highest BCUT2D eigenvalue weighted by molar-refractivity contribution is 7.09. The molecule has 0 radical (unpaired) electrons. The van der Waals surface area contributed by atoms with Crippen LogP contribution in [0.4, 0.5) is 4.39 Å². The standard InChI is InChI=1S/C15H10FN5S/c16-11-4-1-5-12-14(11)21(9-10-3-2-6-17-7-10)15(19-12)13-8-18-20-22-13/h1-8H,9H2. The van der Waals surface area contributed by atoms with E-state index < -0.39 is 0 Å². The zero-order chi connectivity index (χ0) is 14.9. The van der Waals surface area contributed by atoms with Crippen LogP contribution in [0.3, 0.4) is 0 Å². The van der Waals surface area contributed by atoms with Gasteiger partial charge in [-0.1, -0.05) is 16.6 Å². The van der Waals surface area contributed by atoms with E-state index >= 15 is 0 Å². The first-order valence-corrected chi connectivity index (χ1v) is 7.41. The van der Waals surface area contributed by atoms with Gasteiger partial charge in [-0.25, -0.2) is 9.37 Å². The molecule has 0 fully saturated rings. The molecule has 108 valence electrons. The summed E-state index contributed by atoms with van der Waals surface area (Å²) in [6.45, 7) is 0.485. The number of halogens is 1. The molecule has 0 atom stereocenters. The van der Waals surface area contributed by atoms with Gasteiger partial charge in [-0.3, -0.25) is 4.98 Å². The summed E-state index contributed by atoms with van der Waals surface area (Å²) in [7, 11) is 0. The van der Waals surface area contributed by atoms with Crippen molar-refractivity contribution < 1.29 is 4.39 Å². The van der Waals surface area contributed by atoms with E-state index in [2.05, 4.69) is 19.6 Å². The number of hydrogen-bond acceptors (Lipinski definition) is 5. The first-order chi connectivity index (χ1) is 10.8. The molecule has 0 spiro atoms. The summed E-state index contributed by atoms with van der Waals surface area (Å²) in [6.07, 6.45) is 5.12. The Balaban J connectivity index is 1.95. The molecule has 4 aromatic rings. The minimum atomic E-state index is -0.294. The van der Waals surface area contributed by atoms with Crippen molar-refractivity contribution in [2.45, 2.75) is 6.54 Å². The fraction of sp³-hybridized carbons (Fsp3) is 0.0667. The van der Waals surface area contributed by atoms with Gasteiger partial charge >= 0.3 is 0 Å². The molecule has 0 saturated heterocycles. The van der Waals surface area contributed by atoms with E-state index in [0.29, 0.717) is 23.4 Å². The molecular weight excluding hydrogens is 301 g/mol. The van der Waals surface area contributed by atoms with E-state index in [9.17, 15) is 4.39 Å². The SMILES string of the molecule is Fc1cccc2nc(-c3cnns3)n(Cc3cccnc3)c12. The first-order valence-electron chi connectivity index (χ1n) is 6.64. The second-order valence-electron chi connectivity index (χ2n) is 4.77. The van der Waals surface area contributed by atoms with Crippen LogP contribution < -0.4 is 0 Å². The van der Waals surface area contributed by atoms with E-state index in [1.807, 2.05) is 16.7 Å². The molecule has 3 aromatic heterocycles. The minimum absolute atomic E-state index is 0.294. The van der Waals surface area contributed by atoms with Gasteiger partial charge in [0.05, 0.1) is 18.3 Å². The molecule has 0 aliphatic rings. The maximum absolute atomic E-state index is 14.3. The van der Waals surface area contributed by atoms with E-state index in [4.69, 9.17) is 0 Å². The average molecular weight is 311 g/mol. The number of nitrogens with zero attached hydrogens (tertiary/aromatic N) is 5. The van der Waals surface area contributed by atoms with Crippen molar-refractivity contribution in [2.24, 2.45) is 0 Å². The summed E-state index contributed by atoms with van der Waals surface area (Å²) in [4.78, 5) is 9.46. The molecule has 0 N–H and O–H groups in total. The molecule has 22 heavy (non-hydrogen) atoms. The molecule has 1 aromatic carbocycles. The highest BCUT2D eigenvalue weighted by atomic mass is 32.1. The van der Waals surface area contributed by atoms with Crippen LogP contribution in [0.2, 0.25) is 0 Å². The second kappa shape index (κ2) is 5.27. The van der Waals surface area contributed by atoms with Crippen LogP contribution in [0.5, 0.6) is 0 Å². The third kappa shape index (κ3) is 2.15. The molecule has 0 unspecified atom stereocenters. The Morgan fingerprint density at radius 1 is 1.14 bits per heavy atom. The van der Waals surface area contributed by atoms with Crippen LogP contribution in [0.25, 0.3) is 21.7 Å². The topological polar surface area (TPSA) is 56.5 Å². The second-order valence-corrected chi connectivity index (χ2v) is 5.56. The van der Waals surface area contributed by atoms with Gasteiger partial charge in [-0.2, -0.15) is 0 Å². The average Bonchev–Trinajstić information content (AvgIpc) is 3.17. The first kappa shape index (κ1) is 13.0. The molecule has 0 amide bonds. The Morgan fingerprint density at radius 3 is 2.86 bits per heavy atom. The van der Waals surface area contributed by atoms with Crippen molar-refractivity contribution in [3.63, 3.8) is 0 Å². The monoisotopic (exact) mass is 311 g/mol. The summed E-state index contributed by atoms with van der Waals surface area (Å²) in [5.41, 5.74) is 2.07. The molecule has 5 nitrogen and oxygen atoms in total. The van der Waals surface area contributed by atoms with Crippen molar-refractivity contribution in [3.8, 4) is 10.7 Å². The summed E-state index contributed by atoms with van der Waals surface area (Å²) in [5.74, 6) is 0.372. The summed E-state index contributed by atoms with van der Waals surface area (Å²) in [5, 5.41) is 3.85. The largest absolute Gasteiger partial charge is 0.316 e. The van der Waals surface area contributed by atoms with Gasteiger partial charge in [0.15, 0.2) is 5.82 Å². The Kier molecular flexibility index (Phi) is 3.12. The number of hydrogen-bond donors (Lipinski definition) is 0. The predicted molar refractivity (Wildman–Crippen MR) is 81.9 cm³/mol. The van der Waals surface area contributed by atoms with Crippen LogP contribution in [0.1, 0.15) is 5.56 Å². The van der Waals surface area contributed by atoms with Gasteiger partial charge in [0, 0.05) is 12.4 Å². The van der Waals surface area contributed by atoms with Gasteiger partial charge in [0.1, 0.15) is 16.2 Å². The fourth-order valence-electron chi connectivity index (χ4n) is 2.42. The molecule has 0 aliphatic heterocycles. The lowest BCUT2D eigenvalue weighted by Gasteiger charge is -2.08. The number of imidazole rings is 1. The number of rotatable bonds is 3. The highest BCUT2D eigenvalue weighted by Gasteiger charge is 2.17. The van der Waals surface area contributed by atoms with Crippen LogP contribution in [-0.2, 0) is 6.54 Å². The lowest BCUT2D eigenvalue weighted by molar-refractivity contribution is 0.629. The number of para-hydroxylation sites is 1. The molecule has 3 heterocycles. The van der Waals surface area contributed by atoms with Crippen LogP contribution in [-0.4, -0.2) is 24.1 Å². The molecule has 0 bridgehead atoms. The highest BCUT2D eigenvalue weighted by Crippen LogP contribution is 2.28.